The minimum absolute atomic E-state index is 0.684. The van der Waals surface area contributed by atoms with E-state index in [4.69, 9.17) is 4.98 Å². The van der Waals surface area contributed by atoms with Crippen molar-refractivity contribution >= 4 is 11.3 Å². The zero-order chi connectivity index (χ0) is 14.5. The largest absolute Gasteiger partial charge is 0.312 e. The van der Waals surface area contributed by atoms with Crippen LogP contribution in [0.2, 0.25) is 0 Å². The summed E-state index contributed by atoms with van der Waals surface area (Å²) in [6.45, 7) is 10.8. The van der Waals surface area contributed by atoms with Crippen LogP contribution in [-0.2, 0) is 13.0 Å². The van der Waals surface area contributed by atoms with Gasteiger partial charge < -0.3 is 5.32 Å². The van der Waals surface area contributed by atoms with E-state index >= 15 is 0 Å². The standard InChI is InChI=1S/C17H24N2S/c1-5-15-16(11-18-10-12(2)3)20-17(19-15)14-8-6-7-13(4)9-14/h6-9,12,18H,5,10-11H2,1-4H3. The Labute approximate surface area is 126 Å². The molecule has 0 aliphatic heterocycles. The topological polar surface area (TPSA) is 24.9 Å². The van der Waals surface area contributed by atoms with Crippen molar-refractivity contribution in [3.8, 4) is 10.6 Å². The number of nitrogens with zero attached hydrogens (tertiary/aromatic N) is 1. The Kier molecular flexibility index (Phi) is 5.32. The molecule has 108 valence electrons. The van der Waals surface area contributed by atoms with E-state index in [2.05, 4.69) is 57.3 Å². The highest BCUT2D eigenvalue weighted by Crippen LogP contribution is 2.29. The van der Waals surface area contributed by atoms with Gasteiger partial charge in [-0.25, -0.2) is 4.98 Å². The van der Waals surface area contributed by atoms with Crippen molar-refractivity contribution in [1.82, 2.24) is 10.3 Å². The van der Waals surface area contributed by atoms with E-state index in [-0.39, 0.29) is 0 Å². The van der Waals surface area contributed by atoms with Gasteiger partial charge in [0.05, 0.1) is 5.69 Å². The van der Waals surface area contributed by atoms with E-state index in [0.717, 1.165) is 24.5 Å². The van der Waals surface area contributed by atoms with Crippen LogP contribution in [0.15, 0.2) is 24.3 Å². The van der Waals surface area contributed by atoms with E-state index in [1.807, 2.05) is 11.3 Å². The lowest BCUT2D eigenvalue weighted by atomic mass is 10.1. The third-order valence-electron chi connectivity index (χ3n) is 3.22. The molecule has 20 heavy (non-hydrogen) atoms. The first kappa shape index (κ1) is 15.2. The second-order valence-electron chi connectivity index (χ2n) is 5.64. The molecule has 1 aromatic carbocycles. The lowest BCUT2D eigenvalue weighted by Crippen LogP contribution is -2.18. The van der Waals surface area contributed by atoms with Crippen molar-refractivity contribution in [2.45, 2.75) is 40.7 Å². The van der Waals surface area contributed by atoms with Gasteiger partial charge in [0, 0.05) is 17.0 Å². The molecule has 0 fully saturated rings. The zero-order valence-corrected chi connectivity index (χ0v) is 13.7. The summed E-state index contributed by atoms with van der Waals surface area (Å²) < 4.78 is 0. The maximum atomic E-state index is 4.82. The quantitative estimate of drug-likeness (QED) is 0.850. The van der Waals surface area contributed by atoms with Crippen molar-refractivity contribution in [2.75, 3.05) is 6.54 Å². The lowest BCUT2D eigenvalue weighted by molar-refractivity contribution is 0.553. The summed E-state index contributed by atoms with van der Waals surface area (Å²) in [6, 6.07) is 8.59. The predicted octanol–water partition coefficient (Wildman–Crippen LogP) is 4.43. The number of rotatable bonds is 6. The molecule has 2 aromatic rings. The lowest BCUT2D eigenvalue weighted by Gasteiger charge is -2.06. The van der Waals surface area contributed by atoms with Crippen molar-refractivity contribution in [3.05, 3.63) is 40.4 Å². The number of aromatic nitrogens is 1. The molecule has 0 saturated carbocycles. The third-order valence-corrected chi connectivity index (χ3v) is 4.36. The molecule has 0 radical (unpaired) electrons. The van der Waals surface area contributed by atoms with Gasteiger partial charge >= 0.3 is 0 Å². The summed E-state index contributed by atoms with van der Waals surface area (Å²) in [7, 11) is 0. The number of benzene rings is 1. The van der Waals surface area contributed by atoms with E-state index in [1.165, 1.54) is 21.7 Å². The van der Waals surface area contributed by atoms with Gasteiger partial charge in [-0.15, -0.1) is 11.3 Å². The van der Waals surface area contributed by atoms with Gasteiger partial charge in [-0.05, 0) is 31.9 Å². The SMILES string of the molecule is CCc1nc(-c2cccc(C)c2)sc1CNCC(C)C. The average molecular weight is 288 g/mol. The Morgan fingerprint density at radius 2 is 2.10 bits per heavy atom. The molecular formula is C17H24N2S. The molecule has 0 saturated heterocycles. The van der Waals surface area contributed by atoms with Gasteiger partial charge in [0.25, 0.3) is 0 Å². The van der Waals surface area contributed by atoms with Crippen LogP contribution < -0.4 is 5.32 Å². The van der Waals surface area contributed by atoms with Crippen molar-refractivity contribution in [3.63, 3.8) is 0 Å². The number of hydrogen-bond donors (Lipinski definition) is 1. The van der Waals surface area contributed by atoms with Crippen LogP contribution in [0.4, 0.5) is 0 Å². The average Bonchev–Trinajstić information content (AvgIpc) is 2.81. The highest BCUT2D eigenvalue weighted by Gasteiger charge is 2.11. The molecular weight excluding hydrogens is 264 g/mol. The molecule has 2 rings (SSSR count). The maximum absolute atomic E-state index is 4.82. The van der Waals surface area contributed by atoms with E-state index < -0.39 is 0 Å². The second-order valence-corrected chi connectivity index (χ2v) is 6.72. The number of nitrogens with one attached hydrogen (secondary N) is 1. The Hall–Kier alpha value is -1.19. The van der Waals surface area contributed by atoms with Gasteiger partial charge in [0.1, 0.15) is 5.01 Å². The van der Waals surface area contributed by atoms with Crippen LogP contribution in [0.25, 0.3) is 10.6 Å². The molecule has 0 atom stereocenters. The molecule has 1 N–H and O–H groups in total. The molecule has 3 heteroatoms. The fourth-order valence-electron chi connectivity index (χ4n) is 2.17. The Morgan fingerprint density at radius 3 is 2.75 bits per heavy atom. The fourth-order valence-corrected chi connectivity index (χ4v) is 3.29. The van der Waals surface area contributed by atoms with Crippen LogP contribution in [0.5, 0.6) is 0 Å². The number of thiazole rings is 1. The van der Waals surface area contributed by atoms with Crippen molar-refractivity contribution < 1.29 is 0 Å². The van der Waals surface area contributed by atoms with E-state index in [9.17, 15) is 0 Å². The van der Waals surface area contributed by atoms with Gasteiger partial charge in [0.2, 0.25) is 0 Å². The van der Waals surface area contributed by atoms with Crippen LogP contribution in [-0.4, -0.2) is 11.5 Å². The maximum Gasteiger partial charge on any atom is 0.123 e. The van der Waals surface area contributed by atoms with Gasteiger partial charge in [-0.2, -0.15) is 0 Å². The first-order valence-corrected chi connectivity index (χ1v) is 8.18. The highest BCUT2D eigenvalue weighted by atomic mass is 32.1. The second kappa shape index (κ2) is 7.00. The molecule has 2 nitrogen and oxygen atoms in total. The summed E-state index contributed by atoms with van der Waals surface area (Å²) in [5.74, 6) is 0.684. The van der Waals surface area contributed by atoms with Crippen LogP contribution in [0, 0.1) is 12.8 Å². The minimum Gasteiger partial charge on any atom is -0.312 e. The van der Waals surface area contributed by atoms with Crippen LogP contribution in [0.3, 0.4) is 0 Å². The molecule has 0 aliphatic carbocycles. The van der Waals surface area contributed by atoms with Crippen LogP contribution in [0.1, 0.15) is 36.9 Å². The summed E-state index contributed by atoms with van der Waals surface area (Å²) >= 11 is 1.82. The van der Waals surface area contributed by atoms with Crippen molar-refractivity contribution in [1.29, 1.82) is 0 Å². The summed E-state index contributed by atoms with van der Waals surface area (Å²) in [6.07, 6.45) is 1.00. The third kappa shape index (κ3) is 3.90. The molecule has 1 heterocycles. The molecule has 0 amide bonds. The summed E-state index contributed by atoms with van der Waals surface area (Å²) in [5, 5.41) is 4.67. The Bertz CT molecular complexity index is 558. The molecule has 0 unspecified atom stereocenters. The molecule has 0 spiro atoms. The molecule has 0 aliphatic rings. The molecule has 1 aromatic heterocycles. The smallest absolute Gasteiger partial charge is 0.123 e. The Morgan fingerprint density at radius 1 is 1.30 bits per heavy atom. The van der Waals surface area contributed by atoms with E-state index in [0.29, 0.717) is 5.92 Å². The normalized spacial score (nSPS) is 11.2. The number of hydrogen-bond acceptors (Lipinski definition) is 3. The van der Waals surface area contributed by atoms with Gasteiger partial charge in [-0.1, -0.05) is 44.5 Å². The fraction of sp³-hybridized carbons (Fsp3) is 0.471. The van der Waals surface area contributed by atoms with E-state index in [1.54, 1.807) is 0 Å². The zero-order valence-electron chi connectivity index (χ0n) is 12.9. The number of aryl methyl sites for hydroxylation is 2. The first-order chi connectivity index (χ1) is 9.60. The van der Waals surface area contributed by atoms with Gasteiger partial charge in [-0.3, -0.25) is 0 Å². The first-order valence-electron chi connectivity index (χ1n) is 7.36. The summed E-state index contributed by atoms with van der Waals surface area (Å²) in [4.78, 5) is 6.20. The predicted molar refractivity (Wildman–Crippen MR) is 88.2 cm³/mol. The minimum atomic E-state index is 0.684. The monoisotopic (exact) mass is 288 g/mol. The van der Waals surface area contributed by atoms with Crippen molar-refractivity contribution in [2.24, 2.45) is 5.92 Å². The van der Waals surface area contributed by atoms with Gasteiger partial charge in [0.15, 0.2) is 0 Å². The van der Waals surface area contributed by atoms with Crippen LogP contribution >= 0.6 is 11.3 Å². The highest BCUT2D eigenvalue weighted by molar-refractivity contribution is 7.15. The summed E-state index contributed by atoms with van der Waals surface area (Å²) in [5.41, 5.74) is 3.76. The molecule has 0 bridgehead atoms. The Balaban J connectivity index is 2.18.